The van der Waals surface area contributed by atoms with Crippen molar-refractivity contribution in [3.8, 4) is 17.2 Å². The molecule has 1 aliphatic heterocycles. The lowest BCUT2D eigenvalue weighted by atomic mass is 9.95. The van der Waals surface area contributed by atoms with Crippen molar-refractivity contribution in [1.82, 2.24) is 0 Å². The quantitative estimate of drug-likeness (QED) is 0.882. The molecule has 104 valence electrons. The van der Waals surface area contributed by atoms with E-state index in [2.05, 4.69) is 0 Å². The molecule has 0 radical (unpaired) electrons. The molecule has 0 spiro atoms. The zero-order valence-corrected chi connectivity index (χ0v) is 11.1. The predicted octanol–water partition coefficient (Wildman–Crippen LogP) is 2.96. The number of phenolic OH excluding ortho intramolecular Hbond substituents is 1. The fraction of sp³-hybridized carbons (Fsp3) is 0.250. The summed E-state index contributed by atoms with van der Waals surface area (Å²) in [4.78, 5) is 0. The number of ether oxygens (including phenoxy) is 2. The fourth-order valence-corrected chi connectivity index (χ4v) is 2.48. The highest BCUT2D eigenvalue weighted by Gasteiger charge is 2.28. The first-order chi connectivity index (χ1) is 9.67. The van der Waals surface area contributed by atoms with E-state index in [-0.39, 0.29) is 11.9 Å². The van der Waals surface area contributed by atoms with E-state index >= 15 is 0 Å². The van der Waals surface area contributed by atoms with Crippen LogP contribution in [0.25, 0.3) is 0 Å². The molecule has 1 heterocycles. The number of benzene rings is 2. The SMILES string of the molecule is COc1ccc2c(c1)OC(c1cccc(O)c1)C[C@@H]2O. The maximum atomic E-state index is 10.2. The largest absolute Gasteiger partial charge is 0.508 e. The summed E-state index contributed by atoms with van der Waals surface area (Å²) in [7, 11) is 1.59. The van der Waals surface area contributed by atoms with Crippen LogP contribution in [-0.2, 0) is 0 Å². The summed E-state index contributed by atoms with van der Waals surface area (Å²) < 4.78 is 11.1. The van der Waals surface area contributed by atoms with Crippen LogP contribution in [0.2, 0.25) is 0 Å². The van der Waals surface area contributed by atoms with Crippen LogP contribution in [0.1, 0.15) is 29.8 Å². The van der Waals surface area contributed by atoms with Gasteiger partial charge in [0.05, 0.1) is 13.2 Å². The van der Waals surface area contributed by atoms with Gasteiger partial charge >= 0.3 is 0 Å². The molecule has 3 rings (SSSR count). The molecule has 4 heteroatoms. The molecular formula is C16H16O4. The van der Waals surface area contributed by atoms with Gasteiger partial charge in [-0.1, -0.05) is 12.1 Å². The van der Waals surface area contributed by atoms with Crippen molar-refractivity contribution in [3.63, 3.8) is 0 Å². The van der Waals surface area contributed by atoms with Crippen molar-refractivity contribution in [1.29, 1.82) is 0 Å². The van der Waals surface area contributed by atoms with Crippen molar-refractivity contribution in [2.75, 3.05) is 7.11 Å². The Labute approximate surface area is 117 Å². The second-order valence-corrected chi connectivity index (χ2v) is 4.86. The topological polar surface area (TPSA) is 58.9 Å². The maximum absolute atomic E-state index is 10.2. The van der Waals surface area contributed by atoms with Crippen molar-refractivity contribution in [2.24, 2.45) is 0 Å². The number of aliphatic hydroxyl groups excluding tert-OH is 1. The molecule has 20 heavy (non-hydrogen) atoms. The number of rotatable bonds is 2. The van der Waals surface area contributed by atoms with Crippen LogP contribution in [-0.4, -0.2) is 17.3 Å². The highest BCUT2D eigenvalue weighted by atomic mass is 16.5. The number of fused-ring (bicyclic) bond motifs is 1. The number of aromatic hydroxyl groups is 1. The molecule has 0 aliphatic carbocycles. The van der Waals surface area contributed by atoms with Crippen LogP contribution in [0, 0.1) is 0 Å². The first kappa shape index (κ1) is 12.8. The average Bonchev–Trinajstić information content (AvgIpc) is 2.46. The lowest BCUT2D eigenvalue weighted by Gasteiger charge is -2.30. The van der Waals surface area contributed by atoms with Gasteiger partial charge < -0.3 is 19.7 Å². The molecular weight excluding hydrogens is 256 g/mol. The van der Waals surface area contributed by atoms with Gasteiger partial charge in [0.25, 0.3) is 0 Å². The fourth-order valence-electron chi connectivity index (χ4n) is 2.48. The third-order valence-corrected chi connectivity index (χ3v) is 3.53. The van der Waals surface area contributed by atoms with Crippen LogP contribution in [0.3, 0.4) is 0 Å². The lowest BCUT2D eigenvalue weighted by Crippen LogP contribution is -2.19. The molecule has 1 unspecified atom stereocenters. The predicted molar refractivity (Wildman–Crippen MR) is 74.0 cm³/mol. The summed E-state index contributed by atoms with van der Waals surface area (Å²) in [5, 5.41) is 19.8. The van der Waals surface area contributed by atoms with E-state index in [1.54, 1.807) is 37.4 Å². The van der Waals surface area contributed by atoms with Gasteiger partial charge in [0.2, 0.25) is 0 Å². The highest BCUT2D eigenvalue weighted by molar-refractivity contribution is 5.44. The molecule has 4 nitrogen and oxygen atoms in total. The Hall–Kier alpha value is -2.20. The first-order valence-corrected chi connectivity index (χ1v) is 6.49. The zero-order chi connectivity index (χ0) is 14.1. The summed E-state index contributed by atoms with van der Waals surface area (Å²) in [6.45, 7) is 0. The highest BCUT2D eigenvalue weighted by Crippen LogP contribution is 2.42. The standard InChI is InChI=1S/C16H16O4/c1-19-12-5-6-13-14(18)9-15(20-16(13)8-12)10-3-2-4-11(17)7-10/h2-8,14-15,17-18H,9H2,1H3/t14-,15?/m0/s1. The van der Waals surface area contributed by atoms with Crippen molar-refractivity contribution < 1.29 is 19.7 Å². The zero-order valence-electron chi connectivity index (χ0n) is 11.1. The molecule has 0 amide bonds. The van der Waals surface area contributed by atoms with E-state index in [0.717, 1.165) is 11.1 Å². The molecule has 0 saturated heterocycles. The Morgan fingerprint density at radius 1 is 1.20 bits per heavy atom. The van der Waals surface area contributed by atoms with Gasteiger partial charge in [-0.25, -0.2) is 0 Å². The Bertz CT molecular complexity index is 624. The van der Waals surface area contributed by atoms with Crippen molar-refractivity contribution in [3.05, 3.63) is 53.6 Å². The number of methoxy groups -OCH3 is 1. The Balaban J connectivity index is 1.95. The number of phenols is 1. The van der Waals surface area contributed by atoms with Gasteiger partial charge in [-0.3, -0.25) is 0 Å². The summed E-state index contributed by atoms with van der Waals surface area (Å²) >= 11 is 0. The van der Waals surface area contributed by atoms with Gasteiger partial charge in [-0.2, -0.15) is 0 Å². The maximum Gasteiger partial charge on any atom is 0.129 e. The first-order valence-electron chi connectivity index (χ1n) is 6.49. The van der Waals surface area contributed by atoms with E-state index < -0.39 is 6.10 Å². The third-order valence-electron chi connectivity index (χ3n) is 3.53. The van der Waals surface area contributed by atoms with Crippen LogP contribution in [0.5, 0.6) is 17.2 Å². The summed E-state index contributed by atoms with van der Waals surface area (Å²) in [5.41, 5.74) is 1.61. The number of hydrogen-bond acceptors (Lipinski definition) is 4. The Kier molecular flexibility index (Phi) is 3.24. The van der Waals surface area contributed by atoms with E-state index in [0.29, 0.717) is 17.9 Å². The van der Waals surface area contributed by atoms with Crippen molar-refractivity contribution >= 4 is 0 Å². The summed E-state index contributed by atoms with van der Waals surface area (Å²) in [6.07, 6.45) is -0.406. The molecule has 0 bridgehead atoms. The number of aliphatic hydroxyl groups is 1. The van der Waals surface area contributed by atoms with Crippen LogP contribution >= 0.6 is 0 Å². The number of hydrogen-bond donors (Lipinski definition) is 2. The molecule has 1 aliphatic rings. The van der Waals surface area contributed by atoms with Gasteiger partial charge in [0.1, 0.15) is 23.4 Å². The molecule has 2 atom stereocenters. The summed E-state index contributed by atoms with van der Waals surface area (Å²) in [5.74, 6) is 1.50. The van der Waals surface area contributed by atoms with E-state index in [1.165, 1.54) is 0 Å². The van der Waals surface area contributed by atoms with E-state index in [1.807, 2.05) is 12.1 Å². The second-order valence-electron chi connectivity index (χ2n) is 4.86. The molecule has 2 aromatic carbocycles. The minimum Gasteiger partial charge on any atom is -0.508 e. The summed E-state index contributed by atoms with van der Waals surface area (Å²) in [6, 6.07) is 12.3. The van der Waals surface area contributed by atoms with Crippen LogP contribution in [0.4, 0.5) is 0 Å². The van der Waals surface area contributed by atoms with Gasteiger partial charge in [0.15, 0.2) is 0 Å². The molecule has 0 fully saturated rings. The smallest absolute Gasteiger partial charge is 0.129 e. The van der Waals surface area contributed by atoms with Gasteiger partial charge in [-0.05, 0) is 29.8 Å². The molecule has 2 N–H and O–H groups in total. The Morgan fingerprint density at radius 2 is 2.05 bits per heavy atom. The Morgan fingerprint density at radius 3 is 2.80 bits per heavy atom. The van der Waals surface area contributed by atoms with Crippen LogP contribution in [0.15, 0.2) is 42.5 Å². The minimum absolute atomic E-state index is 0.192. The van der Waals surface area contributed by atoms with E-state index in [9.17, 15) is 10.2 Å². The van der Waals surface area contributed by atoms with Gasteiger partial charge in [-0.15, -0.1) is 0 Å². The van der Waals surface area contributed by atoms with Crippen LogP contribution < -0.4 is 9.47 Å². The van der Waals surface area contributed by atoms with Crippen molar-refractivity contribution in [2.45, 2.75) is 18.6 Å². The van der Waals surface area contributed by atoms with Gasteiger partial charge in [0, 0.05) is 18.1 Å². The lowest BCUT2D eigenvalue weighted by molar-refractivity contribution is 0.0654. The second kappa shape index (κ2) is 5.06. The minimum atomic E-state index is -0.586. The molecule has 2 aromatic rings. The molecule has 0 saturated carbocycles. The van der Waals surface area contributed by atoms with E-state index in [4.69, 9.17) is 9.47 Å². The third kappa shape index (κ3) is 2.30. The average molecular weight is 272 g/mol. The normalized spacial score (nSPS) is 20.9. The monoisotopic (exact) mass is 272 g/mol. The molecule has 0 aromatic heterocycles.